The average Bonchev–Trinajstić information content (AvgIpc) is 3.21. The Hall–Kier alpha value is -5.92. The Kier molecular flexibility index (Phi) is 4.83. The third-order valence-electron chi connectivity index (χ3n) is 8.00. The van der Waals surface area contributed by atoms with E-state index in [1.54, 1.807) is 4.90 Å². The van der Waals surface area contributed by atoms with Crippen molar-refractivity contribution in [1.82, 2.24) is 0 Å². The molecule has 8 aromatic carbocycles. The molecule has 0 saturated heterocycles. The number of anilines is 3. The molecular weight excluding hydrogens is 542 g/mol. The standard InChI is InChI=1S/C44H31N/c1-3-11-32(12-4-1)34-19-25-39(26-20-34)45(41-29-21-33-13-7-8-17-38(33)31-41)40-27-22-36(23-28-40)43-30-24-35-14-9-10-18-42(35)44(43)37-15-5-2-6-16-37/h1-31H/i1D,3D,4D,11D,12D,19D,20D,25D,26D. The molecular formula is C44H31N. The number of benzene rings is 8. The van der Waals surface area contributed by atoms with Gasteiger partial charge in [0.1, 0.15) is 0 Å². The number of fused-ring (bicyclic) bond motifs is 2. The lowest BCUT2D eigenvalue weighted by Gasteiger charge is -2.26. The van der Waals surface area contributed by atoms with Crippen LogP contribution in [0, 0.1) is 0 Å². The Morgan fingerprint density at radius 1 is 0.378 bits per heavy atom. The number of nitrogens with zero attached hydrogens (tertiary/aromatic N) is 1. The van der Waals surface area contributed by atoms with Crippen LogP contribution in [0.5, 0.6) is 0 Å². The van der Waals surface area contributed by atoms with E-state index in [0.717, 1.165) is 43.8 Å². The molecule has 1 nitrogen and oxygen atoms in total. The maximum Gasteiger partial charge on any atom is 0.0645 e. The van der Waals surface area contributed by atoms with Crippen molar-refractivity contribution in [3.63, 3.8) is 0 Å². The highest BCUT2D eigenvalue weighted by molar-refractivity contribution is 6.04. The second-order valence-electron chi connectivity index (χ2n) is 10.7. The highest BCUT2D eigenvalue weighted by atomic mass is 15.1. The second kappa shape index (κ2) is 11.6. The molecule has 0 heterocycles. The zero-order valence-corrected chi connectivity index (χ0v) is 24.1. The fourth-order valence-electron chi connectivity index (χ4n) is 5.86. The van der Waals surface area contributed by atoms with E-state index in [4.69, 9.17) is 9.60 Å². The van der Waals surface area contributed by atoms with Crippen LogP contribution >= 0.6 is 0 Å². The first-order chi connectivity index (χ1) is 26.1. The van der Waals surface area contributed by atoms with Crippen LogP contribution in [0.2, 0.25) is 0 Å². The fourth-order valence-corrected chi connectivity index (χ4v) is 5.86. The molecule has 212 valence electrons. The summed E-state index contributed by atoms with van der Waals surface area (Å²) in [6.07, 6.45) is 0. The van der Waals surface area contributed by atoms with Crippen LogP contribution in [0.3, 0.4) is 0 Å². The Balaban J connectivity index is 1.34. The van der Waals surface area contributed by atoms with E-state index in [-0.39, 0.29) is 16.8 Å². The molecule has 8 rings (SSSR count). The first-order valence-electron chi connectivity index (χ1n) is 19.2. The molecule has 0 bridgehead atoms. The summed E-state index contributed by atoms with van der Waals surface area (Å²) in [5, 5.41) is 4.13. The summed E-state index contributed by atoms with van der Waals surface area (Å²) >= 11 is 0. The van der Waals surface area contributed by atoms with Crippen molar-refractivity contribution < 1.29 is 12.3 Å². The van der Waals surface area contributed by atoms with Crippen molar-refractivity contribution in [2.75, 3.05) is 4.90 Å². The maximum absolute atomic E-state index is 9.30. The molecule has 0 saturated carbocycles. The Labute approximate surface area is 276 Å². The first kappa shape index (κ1) is 18.7. The van der Waals surface area contributed by atoms with E-state index in [9.17, 15) is 2.74 Å². The van der Waals surface area contributed by atoms with Crippen LogP contribution in [0.25, 0.3) is 54.9 Å². The van der Waals surface area contributed by atoms with E-state index in [0.29, 0.717) is 11.4 Å². The van der Waals surface area contributed by atoms with Gasteiger partial charge in [0.2, 0.25) is 0 Å². The van der Waals surface area contributed by atoms with Crippen LogP contribution in [0.4, 0.5) is 17.1 Å². The lowest BCUT2D eigenvalue weighted by molar-refractivity contribution is 1.29. The smallest absolute Gasteiger partial charge is 0.0645 e. The van der Waals surface area contributed by atoms with Crippen molar-refractivity contribution in [2.45, 2.75) is 0 Å². The summed E-state index contributed by atoms with van der Waals surface area (Å²) in [4.78, 5) is 1.68. The highest BCUT2D eigenvalue weighted by Gasteiger charge is 2.16. The van der Waals surface area contributed by atoms with E-state index >= 15 is 0 Å². The van der Waals surface area contributed by atoms with E-state index in [1.807, 2.05) is 97.1 Å². The summed E-state index contributed by atoms with van der Waals surface area (Å²) in [6.45, 7) is 0. The Morgan fingerprint density at radius 2 is 1.00 bits per heavy atom. The summed E-state index contributed by atoms with van der Waals surface area (Å²) in [7, 11) is 0. The zero-order valence-electron chi connectivity index (χ0n) is 33.1. The molecule has 45 heavy (non-hydrogen) atoms. The monoisotopic (exact) mass is 582 g/mol. The van der Waals surface area contributed by atoms with Gasteiger partial charge in [-0.05, 0) is 91.3 Å². The van der Waals surface area contributed by atoms with Gasteiger partial charge in [-0.1, -0.05) is 151 Å². The SMILES string of the molecule is [2H]c1c([2H])c([2H])c(-c2c([2H])c([2H])c(N(c3ccc(-c4ccc5ccccc5c4-c4ccccc4)cc3)c3ccc4ccccc4c3)c([2H])c2[2H])c([2H])c1[2H]. The molecule has 0 aliphatic rings. The summed E-state index contributed by atoms with van der Waals surface area (Å²) in [5.74, 6) is 0. The van der Waals surface area contributed by atoms with Gasteiger partial charge in [-0.15, -0.1) is 0 Å². The zero-order chi connectivity index (χ0) is 37.8. The van der Waals surface area contributed by atoms with Crippen LogP contribution in [-0.2, 0) is 0 Å². The minimum absolute atomic E-state index is 0.0418. The predicted octanol–water partition coefficient (Wildman–Crippen LogP) is 12.5. The van der Waals surface area contributed by atoms with E-state index in [1.165, 1.54) is 0 Å². The molecule has 0 aliphatic carbocycles. The average molecular weight is 583 g/mol. The molecule has 0 radical (unpaired) electrons. The largest absolute Gasteiger partial charge is 0.310 e. The molecule has 0 fully saturated rings. The van der Waals surface area contributed by atoms with Gasteiger partial charge in [0.05, 0.1) is 12.3 Å². The summed E-state index contributed by atoms with van der Waals surface area (Å²) < 4.78 is 78.3. The summed E-state index contributed by atoms with van der Waals surface area (Å²) in [5.41, 5.74) is 4.53. The molecule has 8 aromatic rings. The second-order valence-corrected chi connectivity index (χ2v) is 10.7. The molecule has 0 aromatic heterocycles. The first-order valence-corrected chi connectivity index (χ1v) is 14.7. The van der Waals surface area contributed by atoms with Gasteiger partial charge < -0.3 is 4.90 Å². The van der Waals surface area contributed by atoms with Gasteiger partial charge in [0, 0.05) is 17.1 Å². The Bertz CT molecular complexity index is 2710. The third kappa shape index (κ3) is 5.15. The van der Waals surface area contributed by atoms with Gasteiger partial charge in [0.15, 0.2) is 0 Å². The molecule has 0 aliphatic heterocycles. The van der Waals surface area contributed by atoms with Crippen LogP contribution in [-0.4, -0.2) is 0 Å². The molecule has 1 heteroatoms. The number of rotatable bonds is 6. The van der Waals surface area contributed by atoms with Gasteiger partial charge in [0.25, 0.3) is 0 Å². The maximum atomic E-state index is 9.30. The van der Waals surface area contributed by atoms with Gasteiger partial charge >= 0.3 is 0 Å². The molecule has 0 N–H and O–H groups in total. The molecule has 0 unspecified atom stereocenters. The minimum Gasteiger partial charge on any atom is -0.310 e. The van der Waals surface area contributed by atoms with E-state index in [2.05, 4.69) is 36.4 Å². The molecule has 0 spiro atoms. The van der Waals surface area contributed by atoms with Crippen molar-refractivity contribution >= 4 is 38.6 Å². The quantitative estimate of drug-likeness (QED) is 0.188. The highest BCUT2D eigenvalue weighted by Crippen LogP contribution is 2.41. The topological polar surface area (TPSA) is 3.24 Å². The fraction of sp³-hybridized carbons (Fsp3) is 0. The van der Waals surface area contributed by atoms with Crippen LogP contribution < -0.4 is 4.90 Å². The minimum atomic E-state index is -0.619. The van der Waals surface area contributed by atoms with Crippen LogP contribution in [0.1, 0.15) is 12.3 Å². The number of hydrogen-bond donors (Lipinski definition) is 0. The van der Waals surface area contributed by atoms with E-state index < -0.39 is 54.4 Å². The van der Waals surface area contributed by atoms with Crippen molar-refractivity contribution in [3.05, 3.63) is 188 Å². The lowest BCUT2D eigenvalue weighted by Crippen LogP contribution is -2.09. The van der Waals surface area contributed by atoms with Crippen LogP contribution in [0.15, 0.2) is 188 Å². The normalized spacial score (nSPS) is 13.9. The van der Waals surface area contributed by atoms with Crippen molar-refractivity contribution in [3.8, 4) is 33.4 Å². The van der Waals surface area contributed by atoms with Crippen molar-refractivity contribution in [2.24, 2.45) is 0 Å². The summed E-state index contributed by atoms with van der Waals surface area (Å²) in [6, 6.07) is 39.1. The predicted molar refractivity (Wildman–Crippen MR) is 192 cm³/mol. The Morgan fingerprint density at radius 3 is 1.78 bits per heavy atom. The van der Waals surface area contributed by atoms with Gasteiger partial charge in [-0.25, -0.2) is 0 Å². The third-order valence-corrected chi connectivity index (χ3v) is 8.00. The van der Waals surface area contributed by atoms with Gasteiger partial charge in [-0.3, -0.25) is 0 Å². The molecule has 0 atom stereocenters. The molecule has 0 amide bonds. The lowest BCUT2D eigenvalue weighted by atomic mass is 9.90. The number of hydrogen-bond acceptors (Lipinski definition) is 1. The van der Waals surface area contributed by atoms with Gasteiger partial charge in [-0.2, -0.15) is 0 Å². The van der Waals surface area contributed by atoms with Crippen molar-refractivity contribution in [1.29, 1.82) is 0 Å².